The number of hydrogen-bond acceptors (Lipinski definition) is 5. The molecule has 6 heteroatoms. The van der Waals surface area contributed by atoms with Gasteiger partial charge in [-0.1, -0.05) is 0 Å². The van der Waals surface area contributed by atoms with E-state index in [1.54, 1.807) is 6.92 Å². The van der Waals surface area contributed by atoms with Gasteiger partial charge in [0.25, 0.3) is 5.78 Å². The molecule has 0 spiro atoms. The number of thiol groups is 1. The Balaban J connectivity index is 2.82. The summed E-state index contributed by atoms with van der Waals surface area (Å²) in [7, 11) is 0. The first kappa shape index (κ1) is 8.18. The van der Waals surface area contributed by atoms with E-state index in [-0.39, 0.29) is 0 Å². The fourth-order valence-corrected chi connectivity index (χ4v) is 1.30. The second kappa shape index (κ2) is 2.81. The lowest BCUT2D eigenvalue weighted by Crippen LogP contribution is -1.97. The number of fused-ring (bicyclic) bond motifs is 1. The standard InChI is InChI=1S/C7H6N4OS/c1-4-8-7-9-5(3-12)2-6(13)11(7)10-4/h2-3,13H,1H3. The molecule has 0 saturated heterocycles. The number of aromatic nitrogens is 4. The molecule has 0 unspecified atom stereocenters. The van der Waals surface area contributed by atoms with Crippen LogP contribution in [-0.2, 0) is 0 Å². The summed E-state index contributed by atoms with van der Waals surface area (Å²) in [5.41, 5.74) is 0.310. The molecule has 0 aliphatic rings. The third-order valence-corrected chi connectivity index (χ3v) is 1.86. The van der Waals surface area contributed by atoms with E-state index in [9.17, 15) is 4.79 Å². The lowest BCUT2D eigenvalue weighted by Gasteiger charge is -1.95. The Bertz CT molecular complexity index is 479. The maximum atomic E-state index is 10.5. The van der Waals surface area contributed by atoms with Crippen LogP contribution < -0.4 is 0 Å². The minimum absolute atomic E-state index is 0.310. The number of aryl methyl sites for hydroxylation is 1. The van der Waals surface area contributed by atoms with Crippen LogP contribution in [0.2, 0.25) is 0 Å². The minimum Gasteiger partial charge on any atom is -0.296 e. The molecular formula is C7H6N4OS. The molecule has 66 valence electrons. The van der Waals surface area contributed by atoms with Crippen molar-refractivity contribution < 1.29 is 4.79 Å². The Morgan fingerprint density at radius 1 is 1.54 bits per heavy atom. The highest BCUT2D eigenvalue weighted by Gasteiger charge is 2.05. The van der Waals surface area contributed by atoms with E-state index in [0.717, 1.165) is 0 Å². The van der Waals surface area contributed by atoms with Crippen LogP contribution in [0, 0.1) is 6.92 Å². The summed E-state index contributed by atoms with van der Waals surface area (Å²) in [6, 6.07) is 1.54. The van der Waals surface area contributed by atoms with Crippen molar-refractivity contribution in [2.75, 3.05) is 0 Å². The van der Waals surface area contributed by atoms with Crippen molar-refractivity contribution in [1.29, 1.82) is 0 Å². The van der Waals surface area contributed by atoms with Gasteiger partial charge in [-0.15, -0.1) is 17.7 Å². The molecule has 2 rings (SSSR count). The summed E-state index contributed by atoms with van der Waals surface area (Å²) >= 11 is 4.15. The van der Waals surface area contributed by atoms with Gasteiger partial charge in [-0.2, -0.15) is 9.50 Å². The predicted octanol–water partition coefficient (Wildman–Crippen LogP) is 0.534. The van der Waals surface area contributed by atoms with Crippen LogP contribution in [0.5, 0.6) is 0 Å². The molecule has 0 saturated carbocycles. The van der Waals surface area contributed by atoms with Gasteiger partial charge in [0.2, 0.25) is 0 Å². The van der Waals surface area contributed by atoms with E-state index in [0.29, 0.717) is 28.6 Å². The second-order valence-corrected chi connectivity index (χ2v) is 2.99. The number of carbonyl (C=O) groups is 1. The smallest absolute Gasteiger partial charge is 0.254 e. The molecule has 0 fully saturated rings. The number of nitrogens with zero attached hydrogens (tertiary/aromatic N) is 4. The number of rotatable bonds is 1. The van der Waals surface area contributed by atoms with Crippen molar-refractivity contribution in [2.24, 2.45) is 0 Å². The van der Waals surface area contributed by atoms with Crippen molar-refractivity contribution in [3.63, 3.8) is 0 Å². The molecule has 0 radical (unpaired) electrons. The maximum Gasteiger partial charge on any atom is 0.254 e. The topological polar surface area (TPSA) is 60.2 Å². The summed E-state index contributed by atoms with van der Waals surface area (Å²) in [5.74, 6) is 0.998. The largest absolute Gasteiger partial charge is 0.296 e. The highest BCUT2D eigenvalue weighted by Crippen LogP contribution is 2.08. The summed E-state index contributed by atoms with van der Waals surface area (Å²) in [6.45, 7) is 1.75. The summed E-state index contributed by atoms with van der Waals surface area (Å²) in [5, 5.41) is 4.59. The zero-order valence-electron chi connectivity index (χ0n) is 6.80. The molecule has 0 N–H and O–H groups in total. The van der Waals surface area contributed by atoms with Crippen LogP contribution in [0.3, 0.4) is 0 Å². The van der Waals surface area contributed by atoms with E-state index in [2.05, 4.69) is 27.7 Å². The third-order valence-electron chi connectivity index (χ3n) is 1.54. The lowest BCUT2D eigenvalue weighted by molar-refractivity contribution is 0.111. The second-order valence-electron chi connectivity index (χ2n) is 2.53. The SMILES string of the molecule is Cc1nc2nc(C=O)cc(S)n2n1. The van der Waals surface area contributed by atoms with E-state index in [4.69, 9.17) is 0 Å². The van der Waals surface area contributed by atoms with Crippen molar-refractivity contribution in [2.45, 2.75) is 11.9 Å². The first-order chi connectivity index (χ1) is 6.20. The molecule has 0 bridgehead atoms. The van der Waals surface area contributed by atoms with Crippen LogP contribution in [-0.4, -0.2) is 25.9 Å². The quantitative estimate of drug-likeness (QED) is 0.409. The fraction of sp³-hybridized carbons (Fsp3) is 0.143. The van der Waals surface area contributed by atoms with E-state index in [1.165, 1.54) is 10.6 Å². The van der Waals surface area contributed by atoms with Gasteiger partial charge in [0, 0.05) is 0 Å². The summed E-state index contributed by atoms with van der Waals surface area (Å²) < 4.78 is 1.48. The van der Waals surface area contributed by atoms with Crippen molar-refractivity contribution in [3.05, 3.63) is 17.6 Å². The Labute approximate surface area is 79.2 Å². The third kappa shape index (κ3) is 1.29. The number of aldehydes is 1. The van der Waals surface area contributed by atoms with Gasteiger partial charge >= 0.3 is 0 Å². The van der Waals surface area contributed by atoms with Gasteiger partial charge in [0.1, 0.15) is 16.5 Å². The monoisotopic (exact) mass is 194 g/mol. The molecule has 0 aliphatic carbocycles. The molecule has 0 aliphatic heterocycles. The Morgan fingerprint density at radius 2 is 2.31 bits per heavy atom. The first-order valence-electron chi connectivity index (χ1n) is 3.59. The van der Waals surface area contributed by atoms with Crippen molar-refractivity contribution in [1.82, 2.24) is 19.6 Å². The van der Waals surface area contributed by atoms with Crippen LogP contribution in [0.4, 0.5) is 0 Å². The fourth-order valence-electron chi connectivity index (χ4n) is 1.03. The molecule has 0 atom stereocenters. The highest BCUT2D eigenvalue weighted by molar-refractivity contribution is 7.80. The van der Waals surface area contributed by atoms with Crippen LogP contribution in [0.25, 0.3) is 5.78 Å². The van der Waals surface area contributed by atoms with Crippen molar-refractivity contribution in [3.8, 4) is 0 Å². The normalized spacial score (nSPS) is 10.6. The van der Waals surface area contributed by atoms with Gasteiger partial charge in [-0.3, -0.25) is 4.79 Å². The van der Waals surface area contributed by atoms with Crippen molar-refractivity contribution >= 4 is 24.7 Å². The van der Waals surface area contributed by atoms with Crippen LogP contribution in [0.15, 0.2) is 11.1 Å². The molecule has 5 nitrogen and oxygen atoms in total. The number of carbonyl (C=O) groups excluding carboxylic acids is 1. The predicted molar refractivity (Wildman–Crippen MR) is 48.2 cm³/mol. The average Bonchev–Trinajstić information content (AvgIpc) is 2.46. The van der Waals surface area contributed by atoms with E-state index >= 15 is 0 Å². The van der Waals surface area contributed by atoms with Gasteiger partial charge in [-0.05, 0) is 13.0 Å². The number of hydrogen-bond donors (Lipinski definition) is 1. The highest BCUT2D eigenvalue weighted by atomic mass is 32.1. The van der Waals surface area contributed by atoms with Crippen LogP contribution in [0.1, 0.15) is 16.3 Å². The van der Waals surface area contributed by atoms with Crippen LogP contribution >= 0.6 is 12.6 Å². The van der Waals surface area contributed by atoms with E-state index < -0.39 is 0 Å². The van der Waals surface area contributed by atoms with E-state index in [1.807, 2.05) is 0 Å². The molecule has 2 heterocycles. The molecule has 0 aromatic carbocycles. The minimum atomic E-state index is 0.310. The average molecular weight is 194 g/mol. The summed E-state index contributed by atoms with van der Waals surface area (Å²) in [6.07, 6.45) is 0.656. The van der Waals surface area contributed by atoms with Gasteiger partial charge < -0.3 is 0 Å². The van der Waals surface area contributed by atoms with Gasteiger partial charge in [-0.25, -0.2) is 4.98 Å². The zero-order chi connectivity index (χ0) is 9.42. The summed E-state index contributed by atoms with van der Waals surface area (Å²) in [4.78, 5) is 18.4. The Morgan fingerprint density at radius 3 is 3.00 bits per heavy atom. The first-order valence-corrected chi connectivity index (χ1v) is 4.04. The molecule has 0 amide bonds. The lowest BCUT2D eigenvalue weighted by atomic mass is 10.4. The zero-order valence-corrected chi connectivity index (χ0v) is 7.69. The molecule has 2 aromatic heterocycles. The maximum absolute atomic E-state index is 10.5. The Kier molecular flexibility index (Phi) is 1.77. The Hall–Kier alpha value is -1.43. The molecule has 13 heavy (non-hydrogen) atoms. The molecule has 2 aromatic rings. The van der Waals surface area contributed by atoms with Gasteiger partial charge in [0.05, 0.1) is 0 Å². The van der Waals surface area contributed by atoms with Gasteiger partial charge in [0.15, 0.2) is 6.29 Å². The molecular weight excluding hydrogens is 188 g/mol.